The maximum Gasteiger partial charge on any atom is 0.416 e. The largest absolute Gasteiger partial charge is 0.416 e. The molecule has 0 aliphatic carbocycles. The quantitative estimate of drug-likeness (QED) is 0.517. The van der Waals surface area contributed by atoms with E-state index in [0.29, 0.717) is 25.1 Å². The Labute approximate surface area is 194 Å². The van der Waals surface area contributed by atoms with E-state index in [1.165, 1.54) is 18.9 Å². The summed E-state index contributed by atoms with van der Waals surface area (Å²) in [5.41, 5.74) is -2.15. The van der Waals surface area contributed by atoms with E-state index in [-0.39, 0.29) is 23.7 Å². The average molecular weight is 487 g/mol. The van der Waals surface area contributed by atoms with Gasteiger partial charge in [-0.25, -0.2) is 4.79 Å². The summed E-state index contributed by atoms with van der Waals surface area (Å²) < 4.78 is 79.8. The van der Waals surface area contributed by atoms with Crippen LogP contribution in [0.15, 0.2) is 48.5 Å². The topological polar surface area (TPSA) is 35.6 Å². The SMILES string of the molecule is CN[C@H]1CCCN(C(=O)N(C)C(C)c2cc(C(F)(F)F)cc(C(F)(F)F)c2)[C@H]1c1ccccc1. The number of nitrogens with one attached hydrogen (secondary N) is 1. The van der Waals surface area contributed by atoms with Crippen molar-refractivity contribution in [1.29, 1.82) is 0 Å². The highest BCUT2D eigenvalue weighted by Gasteiger charge is 2.39. The molecule has 1 unspecified atom stereocenters. The van der Waals surface area contributed by atoms with E-state index in [0.717, 1.165) is 12.0 Å². The lowest BCUT2D eigenvalue weighted by Crippen LogP contribution is -2.53. The molecule has 1 aliphatic heterocycles. The van der Waals surface area contributed by atoms with Gasteiger partial charge in [-0.3, -0.25) is 0 Å². The van der Waals surface area contributed by atoms with Crippen molar-refractivity contribution in [3.05, 3.63) is 70.8 Å². The van der Waals surface area contributed by atoms with E-state index in [2.05, 4.69) is 5.32 Å². The molecule has 3 rings (SSSR count). The summed E-state index contributed by atoms with van der Waals surface area (Å²) in [6.45, 7) is 1.84. The number of nitrogens with zero attached hydrogens (tertiary/aromatic N) is 2. The van der Waals surface area contributed by atoms with Crippen LogP contribution in [0.5, 0.6) is 0 Å². The molecule has 0 bridgehead atoms. The van der Waals surface area contributed by atoms with Gasteiger partial charge in [0.2, 0.25) is 0 Å². The molecule has 2 aromatic carbocycles. The van der Waals surface area contributed by atoms with Gasteiger partial charge in [-0.15, -0.1) is 0 Å². The number of benzene rings is 2. The number of rotatable bonds is 4. The van der Waals surface area contributed by atoms with E-state index in [1.807, 2.05) is 30.3 Å². The average Bonchev–Trinajstić information content (AvgIpc) is 2.81. The molecule has 0 radical (unpaired) electrons. The second kappa shape index (κ2) is 9.85. The van der Waals surface area contributed by atoms with E-state index in [4.69, 9.17) is 0 Å². The van der Waals surface area contributed by atoms with Crippen LogP contribution >= 0.6 is 0 Å². The fraction of sp³-hybridized carbons (Fsp3) is 0.458. The van der Waals surface area contributed by atoms with Crippen LogP contribution in [0.4, 0.5) is 31.1 Å². The van der Waals surface area contributed by atoms with Crippen LogP contribution in [0.3, 0.4) is 0 Å². The number of carbonyl (C=O) groups is 1. The normalized spacial score (nSPS) is 20.2. The molecule has 34 heavy (non-hydrogen) atoms. The molecule has 4 nitrogen and oxygen atoms in total. The third kappa shape index (κ3) is 5.48. The Morgan fingerprint density at radius 3 is 2.09 bits per heavy atom. The van der Waals surface area contributed by atoms with Gasteiger partial charge in [0.25, 0.3) is 0 Å². The first-order valence-electron chi connectivity index (χ1n) is 10.9. The van der Waals surface area contributed by atoms with Crippen molar-refractivity contribution in [1.82, 2.24) is 15.1 Å². The number of piperidine rings is 1. The van der Waals surface area contributed by atoms with Crippen molar-refractivity contribution in [2.45, 2.75) is 50.2 Å². The molecule has 1 aliphatic rings. The fourth-order valence-electron chi connectivity index (χ4n) is 4.39. The van der Waals surface area contributed by atoms with Crippen molar-refractivity contribution in [2.24, 2.45) is 0 Å². The van der Waals surface area contributed by atoms with E-state index < -0.39 is 35.6 Å². The lowest BCUT2D eigenvalue weighted by molar-refractivity contribution is -0.143. The molecule has 2 amide bonds. The van der Waals surface area contributed by atoms with Gasteiger partial charge in [0.15, 0.2) is 0 Å². The lowest BCUT2D eigenvalue weighted by atomic mass is 9.90. The van der Waals surface area contributed by atoms with E-state index in [9.17, 15) is 31.1 Å². The van der Waals surface area contributed by atoms with Gasteiger partial charge in [-0.2, -0.15) is 26.3 Å². The predicted molar refractivity (Wildman–Crippen MR) is 116 cm³/mol. The van der Waals surface area contributed by atoms with Crippen molar-refractivity contribution >= 4 is 6.03 Å². The Kier molecular flexibility index (Phi) is 7.50. The first kappa shape index (κ1) is 25.9. The lowest BCUT2D eigenvalue weighted by Gasteiger charge is -2.44. The number of carbonyl (C=O) groups excluding carboxylic acids is 1. The van der Waals surface area contributed by atoms with Crippen LogP contribution in [0.1, 0.15) is 54.1 Å². The van der Waals surface area contributed by atoms with Crippen LogP contribution in [-0.2, 0) is 12.4 Å². The molecule has 2 aromatic rings. The smallest absolute Gasteiger partial charge is 0.321 e. The van der Waals surface area contributed by atoms with E-state index in [1.54, 1.807) is 11.9 Å². The summed E-state index contributed by atoms with van der Waals surface area (Å²) >= 11 is 0. The standard InChI is InChI=1S/C24H27F6N3O/c1-15(17-12-18(23(25,26)27)14-19(13-17)24(28,29)30)32(3)22(34)33-11-7-10-20(31-2)21(33)16-8-5-4-6-9-16/h4-6,8-9,12-15,20-21,31H,7,10-11H2,1-3H3/t15?,20-,21-/m0/s1. The van der Waals surface area contributed by atoms with Gasteiger partial charge in [0.1, 0.15) is 0 Å². The number of hydrogen-bond acceptors (Lipinski definition) is 2. The number of likely N-dealkylation sites (tertiary alicyclic amines) is 1. The number of likely N-dealkylation sites (N-methyl/N-ethyl adjacent to an activating group) is 1. The summed E-state index contributed by atoms with van der Waals surface area (Å²) in [7, 11) is 3.19. The maximum atomic E-state index is 13.5. The molecular weight excluding hydrogens is 460 g/mol. The molecule has 1 saturated heterocycles. The van der Waals surface area contributed by atoms with Crippen LogP contribution in [0.2, 0.25) is 0 Å². The summed E-state index contributed by atoms with van der Waals surface area (Å²) in [5.74, 6) is 0. The van der Waals surface area contributed by atoms with Crippen molar-refractivity contribution in [2.75, 3.05) is 20.6 Å². The Morgan fingerprint density at radius 1 is 1.03 bits per heavy atom. The van der Waals surface area contributed by atoms with Crippen LogP contribution in [-0.4, -0.2) is 42.5 Å². The second-order valence-electron chi connectivity index (χ2n) is 8.49. The highest BCUT2D eigenvalue weighted by atomic mass is 19.4. The maximum absolute atomic E-state index is 13.5. The number of halogens is 6. The van der Waals surface area contributed by atoms with Gasteiger partial charge >= 0.3 is 18.4 Å². The van der Waals surface area contributed by atoms with Crippen molar-refractivity contribution in [3.8, 4) is 0 Å². The van der Waals surface area contributed by atoms with Crippen molar-refractivity contribution in [3.63, 3.8) is 0 Å². The molecule has 1 N–H and O–H groups in total. The van der Waals surface area contributed by atoms with Crippen LogP contribution < -0.4 is 5.32 Å². The Bertz CT molecular complexity index is 960. The van der Waals surface area contributed by atoms with Gasteiger partial charge < -0.3 is 15.1 Å². The van der Waals surface area contributed by atoms with Crippen molar-refractivity contribution < 1.29 is 31.1 Å². The molecule has 0 aromatic heterocycles. The number of alkyl halides is 6. The number of amides is 2. The van der Waals surface area contributed by atoms with E-state index >= 15 is 0 Å². The molecule has 10 heteroatoms. The minimum absolute atomic E-state index is 0.0470. The summed E-state index contributed by atoms with van der Waals surface area (Å²) in [5, 5.41) is 3.22. The molecule has 1 heterocycles. The zero-order chi connectivity index (χ0) is 25.3. The van der Waals surface area contributed by atoms with Gasteiger partial charge in [-0.05, 0) is 56.1 Å². The minimum Gasteiger partial charge on any atom is -0.321 e. The minimum atomic E-state index is -4.95. The number of urea groups is 1. The highest BCUT2D eigenvalue weighted by molar-refractivity contribution is 5.75. The summed E-state index contributed by atoms with van der Waals surface area (Å²) in [6, 6.07) is 8.92. The third-order valence-electron chi connectivity index (χ3n) is 6.36. The predicted octanol–water partition coefficient (Wildman–Crippen LogP) is 6.26. The second-order valence-corrected chi connectivity index (χ2v) is 8.49. The molecule has 186 valence electrons. The van der Waals surface area contributed by atoms with Gasteiger partial charge in [-0.1, -0.05) is 30.3 Å². The van der Waals surface area contributed by atoms with Crippen LogP contribution in [0, 0.1) is 0 Å². The molecular formula is C24H27F6N3O. The molecule has 0 spiro atoms. The zero-order valence-electron chi connectivity index (χ0n) is 19.0. The fourth-order valence-corrected chi connectivity index (χ4v) is 4.39. The zero-order valence-corrected chi connectivity index (χ0v) is 19.0. The first-order chi connectivity index (χ1) is 15.8. The Hall–Kier alpha value is -2.75. The Balaban J connectivity index is 1.95. The summed E-state index contributed by atoms with van der Waals surface area (Å²) in [4.78, 5) is 16.3. The first-order valence-corrected chi connectivity index (χ1v) is 10.9. The Morgan fingerprint density at radius 2 is 1.59 bits per heavy atom. The summed E-state index contributed by atoms with van der Waals surface area (Å²) in [6.07, 6.45) is -8.38. The number of hydrogen-bond donors (Lipinski definition) is 1. The molecule has 0 saturated carbocycles. The monoisotopic (exact) mass is 487 g/mol. The third-order valence-corrected chi connectivity index (χ3v) is 6.36. The molecule has 3 atom stereocenters. The van der Waals surface area contributed by atoms with Crippen LogP contribution in [0.25, 0.3) is 0 Å². The van der Waals surface area contributed by atoms with Gasteiger partial charge in [0.05, 0.1) is 23.2 Å². The highest BCUT2D eigenvalue weighted by Crippen LogP contribution is 2.39. The van der Waals surface area contributed by atoms with Gasteiger partial charge in [0, 0.05) is 19.6 Å². The molecule has 1 fully saturated rings.